The summed E-state index contributed by atoms with van der Waals surface area (Å²) in [6.07, 6.45) is 4.28. The maximum Gasteiger partial charge on any atom is 0.326 e. The fourth-order valence-electron chi connectivity index (χ4n) is 3.87. The standard InChI is InChI=1S/C22H26N4O2/c1-14-15(2)20-18(16(3)19(14)23)12-22(4,28-20)24-21(27)26-11-10-25(13-26)17-8-6-5-7-9-17/h5-11H,12-13,23H2,1-4H3,(H,24,27). The third kappa shape index (κ3) is 2.95. The van der Waals surface area contributed by atoms with E-state index in [4.69, 9.17) is 10.5 Å². The van der Waals surface area contributed by atoms with Crippen molar-refractivity contribution >= 4 is 17.4 Å². The highest BCUT2D eigenvalue weighted by Crippen LogP contribution is 2.42. The van der Waals surface area contributed by atoms with Crippen molar-refractivity contribution in [2.45, 2.75) is 39.8 Å². The molecule has 2 aromatic carbocycles. The van der Waals surface area contributed by atoms with Crippen molar-refractivity contribution in [3.8, 4) is 5.75 Å². The first-order valence-electron chi connectivity index (χ1n) is 9.45. The van der Waals surface area contributed by atoms with Gasteiger partial charge in [0.05, 0.1) is 0 Å². The van der Waals surface area contributed by atoms with E-state index in [2.05, 4.69) is 5.32 Å². The van der Waals surface area contributed by atoms with Crippen molar-refractivity contribution in [2.24, 2.45) is 0 Å². The Kier molecular flexibility index (Phi) is 4.22. The molecule has 1 atom stereocenters. The third-order valence-electron chi connectivity index (χ3n) is 5.73. The minimum atomic E-state index is -0.802. The van der Waals surface area contributed by atoms with Crippen LogP contribution in [0.5, 0.6) is 5.75 Å². The Hall–Kier alpha value is -3.15. The van der Waals surface area contributed by atoms with Crippen LogP contribution in [0.15, 0.2) is 42.7 Å². The van der Waals surface area contributed by atoms with Gasteiger partial charge in [-0.15, -0.1) is 0 Å². The molecule has 4 rings (SSSR count). The number of ether oxygens (including phenoxy) is 1. The second-order valence-corrected chi connectivity index (χ2v) is 7.75. The molecule has 146 valence electrons. The van der Waals surface area contributed by atoms with Gasteiger partial charge < -0.3 is 15.4 Å². The van der Waals surface area contributed by atoms with E-state index in [0.29, 0.717) is 13.1 Å². The van der Waals surface area contributed by atoms with E-state index in [1.54, 1.807) is 11.1 Å². The zero-order chi connectivity index (χ0) is 20.1. The maximum atomic E-state index is 12.9. The molecule has 0 bridgehead atoms. The van der Waals surface area contributed by atoms with Crippen LogP contribution >= 0.6 is 0 Å². The van der Waals surface area contributed by atoms with Gasteiger partial charge in [0, 0.05) is 35.8 Å². The molecule has 0 spiro atoms. The molecule has 2 aromatic rings. The number of carbonyl (C=O) groups excluding carboxylic acids is 1. The van der Waals surface area contributed by atoms with E-state index < -0.39 is 5.72 Å². The lowest BCUT2D eigenvalue weighted by molar-refractivity contribution is 0.0802. The second kappa shape index (κ2) is 6.48. The van der Waals surface area contributed by atoms with Crippen LogP contribution in [0.1, 0.15) is 29.2 Å². The van der Waals surface area contributed by atoms with Gasteiger partial charge in [-0.3, -0.25) is 10.2 Å². The Balaban J connectivity index is 1.48. The molecule has 2 aliphatic heterocycles. The Bertz CT molecular complexity index is 931. The first-order chi connectivity index (χ1) is 13.3. The Morgan fingerprint density at radius 1 is 1.11 bits per heavy atom. The highest BCUT2D eigenvalue weighted by molar-refractivity contribution is 5.78. The summed E-state index contributed by atoms with van der Waals surface area (Å²) in [7, 11) is 0. The van der Waals surface area contributed by atoms with Gasteiger partial charge in [-0.05, 0) is 56.5 Å². The molecule has 3 N–H and O–H groups in total. The summed E-state index contributed by atoms with van der Waals surface area (Å²) in [4.78, 5) is 16.5. The summed E-state index contributed by atoms with van der Waals surface area (Å²) in [5, 5.41) is 3.06. The smallest absolute Gasteiger partial charge is 0.326 e. The number of benzene rings is 2. The Morgan fingerprint density at radius 3 is 2.54 bits per heavy atom. The third-order valence-corrected chi connectivity index (χ3v) is 5.73. The summed E-state index contributed by atoms with van der Waals surface area (Å²) >= 11 is 0. The summed E-state index contributed by atoms with van der Waals surface area (Å²) < 4.78 is 6.23. The van der Waals surface area contributed by atoms with Crippen LogP contribution in [-0.2, 0) is 6.42 Å². The van der Waals surface area contributed by atoms with E-state index in [1.165, 1.54) is 0 Å². The zero-order valence-electron chi connectivity index (χ0n) is 16.7. The van der Waals surface area contributed by atoms with Gasteiger partial charge in [-0.2, -0.15) is 0 Å². The van der Waals surface area contributed by atoms with E-state index >= 15 is 0 Å². The second-order valence-electron chi connectivity index (χ2n) is 7.75. The highest BCUT2D eigenvalue weighted by Gasteiger charge is 2.40. The molecule has 0 fully saturated rings. The van der Waals surface area contributed by atoms with Crippen LogP contribution in [0.4, 0.5) is 16.2 Å². The lowest BCUT2D eigenvalue weighted by Crippen LogP contribution is -2.53. The number of hydrogen-bond acceptors (Lipinski definition) is 4. The quantitative estimate of drug-likeness (QED) is 0.780. The molecule has 0 saturated heterocycles. The first kappa shape index (κ1) is 18.2. The number of para-hydroxylation sites is 1. The summed E-state index contributed by atoms with van der Waals surface area (Å²) in [6.45, 7) is 8.40. The normalized spacial score (nSPS) is 20.3. The lowest BCUT2D eigenvalue weighted by Gasteiger charge is -2.28. The number of hydrogen-bond donors (Lipinski definition) is 2. The monoisotopic (exact) mass is 378 g/mol. The van der Waals surface area contributed by atoms with E-state index in [-0.39, 0.29) is 6.03 Å². The van der Waals surface area contributed by atoms with Crippen LogP contribution in [-0.4, -0.2) is 23.3 Å². The van der Waals surface area contributed by atoms with E-state index in [9.17, 15) is 4.79 Å². The number of fused-ring (bicyclic) bond motifs is 1. The SMILES string of the molecule is Cc1c(C)c2c(c(C)c1N)CC(C)(NC(=O)N1C=CN(c3ccccc3)C1)O2. The summed E-state index contributed by atoms with van der Waals surface area (Å²) in [5.74, 6) is 0.842. The van der Waals surface area contributed by atoms with Crippen molar-refractivity contribution in [1.82, 2.24) is 10.2 Å². The Morgan fingerprint density at radius 2 is 1.82 bits per heavy atom. The number of nitrogens with two attached hydrogens (primary N) is 1. The number of nitrogens with zero attached hydrogens (tertiary/aromatic N) is 2. The van der Waals surface area contributed by atoms with Crippen molar-refractivity contribution in [3.05, 3.63) is 65.0 Å². The molecule has 6 nitrogen and oxygen atoms in total. The minimum absolute atomic E-state index is 0.190. The van der Waals surface area contributed by atoms with Crippen molar-refractivity contribution in [1.29, 1.82) is 0 Å². The van der Waals surface area contributed by atoms with Crippen LogP contribution in [0, 0.1) is 20.8 Å². The molecule has 0 saturated carbocycles. The molecule has 1 unspecified atom stereocenters. The minimum Gasteiger partial charge on any atom is -0.467 e. The largest absolute Gasteiger partial charge is 0.467 e. The number of nitrogens with one attached hydrogen (secondary N) is 1. The lowest BCUT2D eigenvalue weighted by atomic mass is 9.94. The summed E-state index contributed by atoms with van der Waals surface area (Å²) in [5.41, 5.74) is 11.5. The Labute approximate surface area is 165 Å². The van der Waals surface area contributed by atoms with E-state index in [0.717, 1.165) is 39.4 Å². The number of anilines is 2. The van der Waals surface area contributed by atoms with Gasteiger partial charge in [-0.1, -0.05) is 18.2 Å². The number of urea groups is 1. The van der Waals surface area contributed by atoms with E-state index in [1.807, 2.05) is 69.1 Å². The molecule has 0 aromatic heterocycles. The predicted octanol–water partition coefficient (Wildman–Crippen LogP) is 3.81. The van der Waals surface area contributed by atoms with Gasteiger partial charge in [-0.25, -0.2) is 4.79 Å². The number of carbonyl (C=O) groups is 1. The molecule has 0 radical (unpaired) electrons. The molecule has 28 heavy (non-hydrogen) atoms. The topological polar surface area (TPSA) is 70.8 Å². The first-order valence-corrected chi connectivity index (χ1v) is 9.45. The molecule has 0 aliphatic carbocycles. The highest BCUT2D eigenvalue weighted by atomic mass is 16.5. The molecule has 2 heterocycles. The van der Waals surface area contributed by atoms with Gasteiger partial charge in [0.1, 0.15) is 12.4 Å². The van der Waals surface area contributed by atoms with Crippen LogP contribution < -0.4 is 20.7 Å². The maximum absolute atomic E-state index is 12.9. The van der Waals surface area contributed by atoms with Crippen LogP contribution in [0.2, 0.25) is 0 Å². The predicted molar refractivity (Wildman–Crippen MR) is 111 cm³/mol. The van der Waals surface area contributed by atoms with Crippen LogP contribution in [0.25, 0.3) is 0 Å². The van der Waals surface area contributed by atoms with Crippen LogP contribution in [0.3, 0.4) is 0 Å². The fraction of sp³-hybridized carbons (Fsp3) is 0.318. The molecule has 6 heteroatoms. The number of amides is 2. The summed E-state index contributed by atoms with van der Waals surface area (Å²) in [6, 6.07) is 9.78. The molecular weight excluding hydrogens is 352 g/mol. The zero-order valence-corrected chi connectivity index (χ0v) is 16.7. The van der Waals surface area contributed by atoms with Gasteiger partial charge in [0.2, 0.25) is 0 Å². The molecular formula is C22H26N4O2. The van der Waals surface area contributed by atoms with Gasteiger partial charge in [0.15, 0.2) is 5.72 Å². The van der Waals surface area contributed by atoms with Crippen molar-refractivity contribution < 1.29 is 9.53 Å². The number of nitrogen functional groups attached to an aromatic ring is 1. The molecule has 2 aliphatic rings. The van der Waals surface area contributed by atoms with Gasteiger partial charge in [0.25, 0.3) is 0 Å². The average molecular weight is 378 g/mol. The van der Waals surface area contributed by atoms with Crippen molar-refractivity contribution in [2.75, 3.05) is 17.3 Å². The molecule has 2 amide bonds. The average Bonchev–Trinajstić information content (AvgIpc) is 3.31. The van der Waals surface area contributed by atoms with Crippen molar-refractivity contribution in [3.63, 3.8) is 0 Å². The number of rotatable bonds is 2. The van der Waals surface area contributed by atoms with Gasteiger partial charge >= 0.3 is 6.03 Å². The fourth-order valence-corrected chi connectivity index (χ4v) is 3.87.